The van der Waals surface area contributed by atoms with Crippen LogP contribution in [0.5, 0.6) is 0 Å². The van der Waals surface area contributed by atoms with Crippen LogP contribution >= 0.6 is 11.6 Å². The molecule has 0 spiro atoms. The van der Waals surface area contributed by atoms with Crippen molar-refractivity contribution in [1.82, 2.24) is 10.2 Å². The molecule has 1 aliphatic rings. The Bertz CT molecular complexity index is 784. The molecular formula is C20H22ClN3O2. The normalized spacial score (nSPS) is 14.8. The van der Waals surface area contributed by atoms with Gasteiger partial charge in [-0.05, 0) is 56.2 Å². The fourth-order valence-corrected chi connectivity index (χ4v) is 3.14. The minimum Gasteiger partial charge on any atom is -0.349 e. The number of urea groups is 1. The van der Waals surface area contributed by atoms with Gasteiger partial charge in [0.15, 0.2) is 0 Å². The van der Waals surface area contributed by atoms with Gasteiger partial charge >= 0.3 is 6.03 Å². The van der Waals surface area contributed by atoms with Gasteiger partial charge in [-0.3, -0.25) is 4.79 Å². The highest BCUT2D eigenvalue weighted by Gasteiger charge is 2.24. The first-order valence-electron chi connectivity index (χ1n) is 8.70. The Morgan fingerprint density at radius 2 is 1.77 bits per heavy atom. The number of amides is 3. The molecule has 5 nitrogen and oxygen atoms in total. The summed E-state index contributed by atoms with van der Waals surface area (Å²) in [4.78, 5) is 26.4. The highest BCUT2D eigenvalue weighted by Crippen LogP contribution is 2.16. The fourth-order valence-electron chi connectivity index (χ4n) is 3.02. The molecule has 136 valence electrons. The SMILES string of the molecule is Cc1cccc(C(=O)NC2CCN(C(=O)Nc3ccc(Cl)cc3)CC2)c1. The van der Waals surface area contributed by atoms with E-state index in [9.17, 15) is 9.59 Å². The number of piperidine rings is 1. The molecule has 1 heterocycles. The number of carbonyl (C=O) groups excluding carboxylic acids is 2. The Hall–Kier alpha value is -2.53. The minimum atomic E-state index is -0.129. The van der Waals surface area contributed by atoms with Crippen LogP contribution in [0.2, 0.25) is 5.02 Å². The summed E-state index contributed by atoms with van der Waals surface area (Å²) < 4.78 is 0. The number of aryl methyl sites for hydroxylation is 1. The smallest absolute Gasteiger partial charge is 0.321 e. The van der Waals surface area contributed by atoms with Gasteiger partial charge in [0, 0.05) is 35.4 Å². The second kappa shape index (κ2) is 8.23. The van der Waals surface area contributed by atoms with E-state index in [4.69, 9.17) is 11.6 Å². The summed E-state index contributed by atoms with van der Waals surface area (Å²) in [7, 11) is 0. The predicted octanol–water partition coefficient (Wildman–Crippen LogP) is 4.07. The van der Waals surface area contributed by atoms with Gasteiger partial charge in [0.05, 0.1) is 0 Å². The Labute approximate surface area is 158 Å². The van der Waals surface area contributed by atoms with Gasteiger partial charge in [-0.1, -0.05) is 29.3 Å². The molecule has 0 saturated carbocycles. The Kier molecular flexibility index (Phi) is 5.78. The first-order chi connectivity index (χ1) is 12.5. The molecule has 6 heteroatoms. The van der Waals surface area contributed by atoms with Crippen molar-refractivity contribution < 1.29 is 9.59 Å². The number of likely N-dealkylation sites (tertiary alicyclic amines) is 1. The molecule has 2 aromatic carbocycles. The number of benzene rings is 2. The van der Waals surface area contributed by atoms with E-state index in [1.54, 1.807) is 29.2 Å². The lowest BCUT2D eigenvalue weighted by atomic mass is 10.0. The molecule has 0 radical (unpaired) electrons. The lowest BCUT2D eigenvalue weighted by molar-refractivity contribution is 0.0919. The summed E-state index contributed by atoms with van der Waals surface area (Å²) in [6.07, 6.45) is 1.48. The number of anilines is 1. The maximum absolute atomic E-state index is 12.3. The van der Waals surface area contributed by atoms with Gasteiger partial charge in [0.25, 0.3) is 5.91 Å². The third-order valence-electron chi connectivity index (χ3n) is 4.49. The van der Waals surface area contributed by atoms with Crippen molar-refractivity contribution in [3.63, 3.8) is 0 Å². The van der Waals surface area contributed by atoms with Crippen LogP contribution < -0.4 is 10.6 Å². The molecular weight excluding hydrogens is 350 g/mol. The third-order valence-corrected chi connectivity index (χ3v) is 4.75. The number of hydrogen-bond donors (Lipinski definition) is 2. The number of rotatable bonds is 3. The van der Waals surface area contributed by atoms with E-state index in [0.29, 0.717) is 29.4 Å². The monoisotopic (exact) mass is 371 g/mol. The number of halogens is 1. The zero-order valence-electron chi connectivity index (χ0n) is 14.7. The highest BCUT2D eigenvalue weighted by molar-refractivity contribution is 6.30. The van der Waals surface area contributed by atoms with Gasteiger partial charge in [0.1, 0.15) is 0 Å². The number of nitrogens with zero attached hydrogens (tertiary/aromatic N) is 1. The van der Waals surface area contributed by atoms with E-state index in [1.807, 2.05) is 31.2 Å². The number of nitrogens with one attached hydrogen (secondary N) is 2. The third kappa shape index (κ3) is 4.76. The molecule has 0 unspecified atom stereocenters. The maximum Gasteiger partial charge on any atom is 0.321 e. The minimum absolute atomic E-state index is 0.0576. The molecule has 2 N–H and O–H groups in total. The Morgan fingerprint density at radius 1 is 1.08 bits per heavy atom. The quantitative estimate of drug-likeness (QED) is 0.854. The fraction of sp³-hybridized carbons (Fsp3) is 0.300. The summed E-state index contributed by atoms with van der Waals surface area (Å²) in [5, 5.41) is 6.57. The molecule has 0 aromatic heterocycles. The molecule has 3 rings (SSSR count). The highest BCUT2D eigenvalue weighted by atomic mass is 35.5. The van der Waals surface area contributed by atoms with E-state index in [1.165, 1.54) is 0 Å². The van der Waals surface area contributed by atoms with Crippen molar-refractivity contribution >= 4 is 29.2 Å². The standard InChI is InChI=1S/C20H22ClN3O2/c1-14-3-2-4-15(13-14)19(25)22-18-9-11-24(12-10-18)20(26)23-17-7-5-16(21)6-8-17/h2-8,13,18H,9-12H2,1H3,(H,22,25)(H,23,26). The van der Waals surface area contributed by atoms with Crippen LogP contribution in [0, 0.1) is 6.92 Å². The van der Waals surface area contributed by atoms with Crippen LogP contribution in [0.4, 0.5) is 10.5 Å². The average Bonchev–Trinajstić information content (AvgIpc) is 2.64. The van der Waals surface area contributed by atoms with Gasteiger partial charge < -0.3 is 15.5 Å². The van der Waals surface area contributed by atoms with E-state index >= 15 is 0 Å². The van der Waals surface area contributed by atoms with Crippen LogP contribution in [0.1, 0.15) is 28.8 Å². The molecule has 3 amide bonds. The summed E-state index contributed by atoms with van der Waals surface area (Å²) in [5.74, 6) is -0.0576. The molecule has 1 aliphatic heterocycles. The molecule has 2 aromatic rings. The van der Waals surface area contributed by atoms with E-state index < -0.39 is 0 Å². The Balaban J connectivity index is 1.48. The van der Waals surface area contributed by atoms with Crippen molar-refractivity contribution in [3.05, 3.63) is 64.7 Å². The van der Waals surface area contributed by atoms with Crippen LogP contribution in [-0.4, -0.2) is 36.0 Å². The van der Waals surface area contributed by atoms with Gasteiger partial charge in [0.2, 0.25) is 0 Å². The molecule has 0 aliphatic carbocycles. The van der Waals surface area contributed by atoms with E-state index in [0.717, 1.165) is 18.4 Å². The van der Waals surface area contributed by atoms with Gasteiger partial charge in [-0.15, -0.1) is 0 Å². The molecule has 1 fully saturated rings. The second-order valence-electron chi connectivity index (χ2n) is 6.54. The zero-order valence-corrected chi connectivity index (χ0v) is 15.4. The van der Waals surface area contributed by atoms with Crippen LogP contribution in [0.25, 0.3) is 0 Å². The summed E-state index contributed by atoms with van der Waals surface area (Å²) >= 11 is 5.85. The number of carbonyl (C=O) groups is 2. The predicted molar refractivity (Wildman–Crippen MR) is 104 cm³/mol. The van der Waals surface area contributed by atoms with Crippen LogP contribution in [0.3, 0.4) is 0 Å². The van der Waals surface area contributed by atoms with Gasteiger partial charge in [-0.2, -0.15) is 0 Å². The summed E-state index contributed by atoms with van der Waals surface area (Å²) in [6.45, 7) is 3.19. The number of hydrogen-bond acceptors (Lipinski definition) is 2. The lowest BCUT2D eigenvalue weighted by Crippen LogP contribution is -2.47. The van der Waals surface area contributed by atoms with Crippen LogP contribution in [-0.2, 0) is 0 Å². The Morgan fingerprint density at radius 3 is 2.42 bits per heavy atom. The maximum atomic E-state index is 12.3. The second-order valence-corrected chi connectivity index (χ2v) is 6.98. The van der Waals surface area contributed by atoms with Crippen molar-refractivity contribution in [2.24, 2.45) is 0 Å². The van der Waals surface area contributed by atoms with Crippen molar-refractivity contribution in [2.75, 3.05) is 18.4 Å². The van der Waals surface area contributed by atoms with Crippen molar-refractivity contribution in [3.8, 4) is 0 Å². The lowest BCUT2D eigenvalue weighted by Gasteiger charge is -2.32. The van der Waals surface area contributed by atoms with Crippen molar-refractivity contribution in [1.29, 1.82) is 0 Å². The molecule has 1 saturated heterocycles. The molecule has 0 atom stereocenters. The summed E-state index contributed by atoms with van der Waals surface area (Å²) in [6, 6.07) is 14.5. The zero-order chi connectivity index (χ0) is 18.5. The van der Waals surface area contributed by atoms with Crippen LogP contribution in [0.15, 0.2) is 48.5 Å². The molecule has 0 bridgehead atoms. The van der Waals surface area contributed by atoms with Crippen molar-refractivity contribution in [2.45, 2.75) is 25.8 Å². The first-order valence-corrected chi connectivity index (χ1v) is 9.08. The topological polar surface area (TPSA) is 61.4 Å². The largest absolute Gasteiger partial charge is 0.349 e. The summed E-state index contributed by atoms with van der Waals surface area (Å²) in [5.41, 5.74) is 2.45. The van der Waals surface area contributed by atoms with E-state index in [2.05, 4.69) is 10.6 Å². The first kappa shape index (κ1) is 18.3. The van der Waals surface area contributed by atoms with Gasteiger partial charge in [-0.25, -0.2) is 4.79 Å². The van der Waals surface area contributed by atoms with E-state index in [-0.39, 0.29) is 18.0 Å². The average molecular weight is 372 g/mol. The molecule has 26 heavy (non-hydrogen) atoms.